The van der Waals surface area contributed by atoms with Gasteiger partial charge in [-0.25, -0.2) is 0 Å². The first-order chi connectivity index (χ1) is 12.5. The minimum atomic E-state index is -0.796. The Kier molecular flexibility index (Phi) is 3.58. The molecule has 0 spiro atoms. The number of rotatable bonds is 3. The molecule has 1 N–H and O–H groups in total. The van der Waals surface area contributed by atoms with Crippen molar-refractivity contribution in [2.75, 3.05) is 5.32 Å². The zero-order valence-corrected chi connectivity index (χ0v) is 16.4. The topological polar surface area (TPSA) is 66.5 Å². The first-order valence-electron chi connectivity index (χ1n) is 9.09. The van der Waals surface area contributed by atoms with Gasteiger partial charge in [-0.2, -0.15) is 0 Å². The van der Waals surface area contributed by atoms with Crippen LogP contribution in [0.2, 0.25) is 0 Å². The van der Waals surface area contributed by atoms with Gasteiger partial charge in [-0.15, -0.1) is 0 Å². The van der Waals surface area contributed by atoms with Crippen LogP contribution in [0, 0.1) is 39.1 Å². The van der Waals surface area contributed by atoms with Gasteiger partial charge in [0.2, 0.25) is 17.7 Å². The summed E-state index contributed by atoms with van der Waals surface area (Å²) in [5.41, 5.74) is 0.668. The number of amides is 3. The number of allylic oxidation sites excluding steroid dienone is 2. The van der Waals surface area contributed by atoms with E-state index in [9.17, 15) is 14.4 Å². The van der Waals surface area contributed by atoms with E-state index in [2.05, 4.69) is 40.1 Å². The normalized spacial score (nSPS) is 37.4. The highest BCUT2D eigenvalue weighted by molar-refractivity contribution is 14.1. The summed E-state index contributed by atoms with van der Waals surface area (Å²) >= 11 is 2.20. The monoisotopic (exact) mass is 462 g/mol. The maximum atomic E-state index is 13.0. The third-order valence-corrected chi connectivity index (χ3v) is 7.29. The number of benzene rings is 1. The fourth-order valence-electron chi connectivity index (χ4n) is 5.26. The first kappa shape index (κ1) is 16.5. The number of hydrogen-bond acceptors (Lipinski definition) is 3. The fourth-order valence-corrected chi connectivity index (χ4v) is 5.62. The molecule has 4 aliphatic carbocycles. The van der Waals surface area contributed by atoms with Crippen LogP contribution in [-0.2, 0) is 14.4 Å². The summed E-state index contributed by atoms with van der Waals surface area (Å²) in [6.45, 7) is 1.64. The van der Waals surface area contributed by atoms with Crippen molar-refractivity contribution in [3.05, 3.63) is 40.0 Å². The molecule has 1 heterocycles. The van der Waals surface area contributed by atoms with Crippen LogP contribution >= 0.6 is 22.6 Å². The van der Waals surface area contributed by atoms with E-state index in [0.29, 0.717) is 17.5 Å². The van der Waals surface area contributed by atoms with Crippen molar-refractivity contribution in [3.8, 4) is 0 Å². The van der Waals surface area contributed by atoms with Crippen molar-refractivity contribution in [2.45, 2.75) is 19.4 Å². The van der Waals surface area contributed by atoms with E-state index in [-0.39, 0.29) is 41.4 Å². The van der Waals surface area contributed by atoms with E-state index in [0.717, 1.165) is 9.99 Å². The van der Waals surface area contributed by atoms with Gasteiger partial charge in [0, 0.05) is 9.26 Å². The number of likely N-dealkylation sites (tertiary alicyclic amines) is 1. The van der Waals surface area contributed by atoms with Crippen LogP contribution < -0.4 is 5.32 Å². The maximum Gasteiger partial charge on any atom is 0.247 e. The summed E-state index contributed by atoms with van der Waals surface area (Å²) in [6, 6.07) is 6.64. The van der Waals surface area contributed by atoms with Crippen molar-refractivity contribution in [2.24, 2.45) is 35.5 Å². The molecule has 1 aromatic rings. The van der Waals surface area contributed by atoms with Crippen molar-refractivity contribution >= 4 is 46.0 Å². The SMILES string of the molecule is C[C@@H](C(=O)Nc1ccc(I)cc1)N1C(=O)[C@@H]2[C@@H]3C=C[C@H]([C@H]4C[C@@H]34)[C@@H]2C1=O. The smallest absolute Gasteiger partial charge is 0.247 e. The molecule has 1 aliphatic heterocycles. The minimum Gasteiger partial charge on any atom is -0.324 e. The quantitative estimate of drug-likeness (QED) is 0.427. The third-order valence-electron chi connectivity index (χ3n) is 6.58. The molecule has 2 saturated carbocycles. The number of hydrogen-bond donors (Lipinski definition) is 1. The number of nitrogens with one attached hydrogen (secondary N) is 1. The molecule has 3 fully saturated rings. The van der Waals surface area contributed by atoms with Crippen LogP contribution in [0.5, 0.6) is 0 Å². The molecule has 6 heteroatoms. The zero-order valence-electron chi connectivity index (χ0n) is 14.3. The molecule has 26 heavy (non-hydrogen) atoms. The number of carbonyl (C=O) groups excluding carboxylic acids is 3. The van der Waals surface area contributed by atoms with Gasteiger partial charge >= 0.3 is 0 Å². The lowest BCUT2D eigenvalue weighted by molar-refractivity contribution is -0.146. The number of anilines is 1. The van der Waals surface area contributed by atoms with Crippen LogP contribution in [0.3, 0.4) is 0 Å². The van der Waals surface area contributed by atoms with Crippen molar-refractivity contribution in [1.82, 2.24) is 4.90 Å². The van der Waals surface area contributed by atoms with Crippen LogP contribution in [0.25, 0.3) is 0 Å². The molecule has 2 bridgehead atoms. The van der Waals surface area contributed by atoms with Crippen LogP contribution in [-0.4, -0.2) is 28.7 Å². The molecule has 3 amide bonds. The summed E-state index contributed by atoms with van der Waals surface area (Å²) in [5.74, 6) is 0.357. The van der Waals surface area contributed by atoms with E-state index in [1.807, 2.05) is 24.3 Å². The summed E-state index contributed by atoms with van der Waals surface area (Å²) in [4.78, 5) is 40.0. The average molecular weight is 462 g/mol. The third kappa shape index (κ3) is 2.23. The summed E-state index contributed by atoms with van der Waals surface area (Å²) in [7, 11) is 0. The van der Waals surface area contributed by atoms with Gasteiger partial charge in [0.05, 0.1) is 11.8 Å². The highest BCUT2D eigenvalue weighted by atomic mass is 127. The zero-order chi connectivity index (χ0) is 18.2. The van der Waals surface area contributed by atoms with Gasteiger partial charge in [-0.05, 0) is 83.9 Å². The van der Waals surface area contributed by atoms with E-state index >= 15 is 0 Å². The molecule has 0 unspecified atom stereocenters. The fraction of sp³-hybridized carbons (Fsp3) is 0.450. The number of nitrogens with zero attached hydrogens (tertiary/aromatic N) is 1. The second kappa shape index (κ2) is 5.65. The van der Waals surface area contributed by atoms with E-state index in [4.69, 9.17) is 0 Å². The van der Waals surface area contributed by atoms with Crippen LogP contribution in [0.4, 0.5) is 5.69 Å². The largest absolute Gasteiger partial charge is 0.324 e. The van der Waals surface area contributed by atoms with Crippen molar-refractivity contribution in [1.29, 1.82) is 0 Å². The lowest BCUT2D eigenvalue weighted by Gasteiger charge is -2.37. The Hall–Kier alpha value is -1.70. The van der Waals surface area contributed by atoms with Crippen LogP contribution in [0.1, 0.15) is 13.3 Å². The molecule has 1 saturated heterocycles. The van der Waals surface area contributed by atoms with Crippen LogP contribution in [0.15, 0.2) is 36.4 Å². The van der Waals surface area contributed by atoms with Gasteiger partial charge in [-0.1, -0.05) is 12.2 Å². The van der Waals surface area contributed by atoms with E-state index < -0.39 is 6.04 Å². The Morgan fingerprint density at radius 3 is 2.15 bits per heavy atom. The molecule has 5 nitrogen and oxygen atoms in total. The van der Waals surface area contributed by atoms with Gasteiger partial charge in [-0.3, -0.25) is 19.3 Å². The Morgan fingerprint density at radius 1 is 1.08 bits per heavy atom. The predicted octanol–water partition coefficient (Wildman–Crippen LogP) is 2.67. The van der Waals surface area contributed by atoms with Crippen molar-refractivity contribution in [3.63, 3.8) is 0 Å². The summed E-state index contributed by atoms with van der Waals surface area (Å²) in [5, 5.41) is 2.82. The highest BCUT2D eigenvalue weighted by Crippen LogP contribution is 2.65. The molecule has 1 aromatic carbocycles. The second-order valence-corrected chi connectivity index (χ2v) is 9.12. The Bertz CT molecular complexity index is 813. The van der Waals surface area contributed by atoms with E-state index in [1.165, 1.54) is 4.90 Å². The molecule has 6 rings (SSSR count). The molecular weight excluding hydrogens is 443 g/mol. The van der Waals surface area contributed by atoms with Gasteiger partial charge in [0.1, 0.15) is 6.04 Å². The minimum absolute atomic E-state index is 0.157. The van der Waals surface area contributed by atoms with Crippen molar-refractivity contribution < 1.29 is 14.4 Å². The number of carbonyl (C=O) groups is 3. The van der Waals surface area contributed by atoms with Gasteiger partial charge in [0.25, 0.3) is 0 Å². The predicted molar refractivity (Wildman–Crippen MR) is 104 cm³/mol. The Morgan fingerprint density at radius 2 is 1.62 bits per heavy atom. The first-order valence-corrected chi connectivity index (χ1v) is 10.2. The standard InChI is InChI=1S/C20H19IN2O3/c1-9(18(24)22-11-4-2-10(21)3-5-11)23-19(25)16-12-6-7-13(15-8-14(12)15)17(16)20(23)26/h2-7,9,12-17H,8H2,1H3,(H,22,24)/t9-,12+,13+,14-,15+,16+,17-/m0/s1. The average Bonchev–Trinajstić information content (AvgIpc) is 3.41. The maximum absolute atomic E-state index is 13.0. The summed E-state index contributed by atoms with van der Waals surface area (Å²) in [6.07, 6.45) is 5.43. The molecular formula is C20H19IN2O3. The van der Waals surface area contributed by atoms with E-state index in [1.54, 1.807) is 6.92 Å². The number of imide groups is 1. The molecule has 0 radical (unpaired) electrons. The molecule has 5 aliphatic rings. The highest BCUT2D eigenvalue weighted by Gasteiger charge is 2.67. The Labute approximate surface area is 165 Å². The van der Waals surface area contributed by atoms with Gasteiger partial charge < -0.3 is 5.32 Å². The number of halogens is 1. The second-order valence-electron chi connectivity index (χ2n) is 7.87. The molecule has 7 atom stereocenters. The summed E-state index contributed by atoms with van der Waals surface area (Å²) < 4.78 is 1.07. The molecule has 134 valence electrons. The lowest BCUT2D eigenvalue weighted by Crippen LogP contribution is -2.46. The lowest BCUT2D eigenvalue weighted by atomic mass is 9.63. The molecule has 0 aromatic heterocycles. The Balaban J connectivity index is 1.37. The van der Waals surface area contributed by atoms with Gasteiger partial charge in [0.15, 0.2) is 0 Å².